The number of fused-ring (bicyclic) bond motifs is 1. The minimum atomic E-state index is -0.869. The number of ether oxygens (including phenoxy) is 5. The van der Waals surface area contributed by atoms with Crippen molar-refractivity contribution >= 4 is 5.97 Å². The first kappa shape index (κ1) is 20.2. The Morgan fingerprint density at radius 2 is 2.16 bits per heavy atom. The molecule has 5 atom stereocenters. The van der Waals surface area contributed by atoms with Gasteiger partial charge in [-0.25, -0.2) is 19.3 Å². The lowest BCUT2D eigenvalue weighted by Gasteiger charge is -2.25. The highest BCUT2D eigenvalue weighted by Gasteiger charge is 2.56. The lowest BCUT2D eigenvalue weighted by Crippen LogP contribution is -2.35. The highest BCUT2D eigenvalue weighted by atomic mass is 16.8. The van der Waals surface area contributed by atoms with Crippen LogP contribution in [-0.4, -0.2) is 73.7 Å². The average Bonchev–Trinajstić information content (AvgIpc) is 3.51. The van der Waals surface area contributed by atoms with E-state index in [4.69, 9.17) is 23.7 Å². The normalized spacial score (nSPS) is 31.6. The van der Waals surface area contributed by atoms with Gasteiger partial charge in [-0.3, -0.25) is 4.57 Å². The van der Waals surface area contributed by atoms with E-state index in [2.05, 4.69) is 15.1 Å². The molecule has 0 aliphatic carbocycles. The van der Waals surface area contributed by atoms with E-state index in [1.54, 1.807) is 26.1 Å². The van der Waals surface area contributed by atoms with E-state index in [1.165, 1.54) is 21.9 Å². The summed E-state index contributed by atoms with van der Waals surface area (Å²) < 4.78 is 31.6. The summed E-state index contributed by atoms with van der Waals surface area (Å²) in [6, 6.07) is 1.63. The van der Waals surface area contributed by atoms with E-state index in [9.17, 15) is 9.59 Å². The zero-order chi connectivity index (χ0) is 21.6. The van der Waals surface area contributed by atoms with Crippen molar-refractivity contribution in [1.29, 1.82) is 0 Å². The van der Waals surface area contributed by atoms with Crippen LogP contribution in [0.3, 0.4) is 0 Å². The topological polar surface area (TPSA) is 129 Å². The molecule has 0 amide bonds. The Kier molecular flexibility index (Phi) is 5.08. The minimum Gasteiger partial charge on any atom is -0.461 e. The molecular weight excluding hydrogens is 410 g/mol. The summed E-state index contributed by atoms with van der Waals surface area (Å²) >= 11 is 0. The van der Waals surface area contributed by atoms with Gasteiger partial charge in [0.1, 0.15) is 37.6 Å². The molecule has 3 aliphatic heterocycles. The maximum absolute atomic E-state index is 12.7. The van der Waals surface area contributed by atoms with Crippen molar-refractivity contribution in [3.63, 3.8) is 0 Å². The van der Waals surface area contributed by atoms with E-state index in [0.29, 0.717) is 18.8 Å². The van der Waals surface area contributed by atoms with Crippen molar-refractivity contribution in [3.8, 4) is 5.82 Å². The molecule has 3 saturated heterocycles. The number of carbonyl (C=O) groups is 1. The average molecular weight is 433 g/mol. The standard InChI is InChI=1S/C19H23N5O7/c1-19(2)30-14-12(8-28-17(25)11-4-3-7-27-11)29-16(15(14)31-19)23-6-5-13(22-18(23)26)24-10-20-9-21-24/h5-6,9-12,14-16H,3-4,7-8H2,1-2H3/t11-,12-,14-,15-,16-/m1/s1. The third-order valence-corrected chi connectivity index (χ3v) is 5.45. The largest absolute Gasteiger partial charge is 0.461 e. The molecule has 2 aromatic rings. The van der Waals surface area contributed by atoms with Crippen molar-refractivity contribution in [2.75, 3.05) is 13.2 Å². The molecule has 31 heavy (non-hydrogen) atoms. The van der Waals surface area contributed by atoms with Crippen molar-refractivity contribution < 1.29 is 28.5 Å². The lowest BCUT2D eigenvalue weighted by molar-refractivity contribution is -0.204. The molecule has 12 heteroatoms. The molecular formula is C19H23N5O7. The van der Waals surface area contributed by atoms with Crippen LogP contribution in [0.25, 0.3) is 5.82 Å². The first-order valence-electron chi connectivity index (χ1n) is 10.1. The van der Waals surface area contributed by atoms with Crippen LogP contribution in [0.2, 0.25) is 0 Å². The summed E-state index contributed by atoms with van der Waals surface area (Å²) in [5.41, 5.74) is -0.540. The van der Waals surface area contributed by atoms with Gasteiger partial charge < -0.3 is 23.7 Å². The predicted molar refractivity (Wildman–Crippen MR) is 101 cm³/mol. The monoisotopic (exact) mass is 433 g/mol. The van der Waals surface area contributed by atoms with Crippen LogP contribution in [0.15, 0.2) is 29.7 Å². The summed E-state index contributed by atoms with van der Waals surface area (Å²) in [6.07, 6.45) is 2.81. The molecule has 5 rings (SSSR count). The third kappa shape index (κ3) is 3.87. The number of carbonyl (C=O) groups excluding carboxylic acids is 1. The second-order valence-electron chi connectivity index (χ2n) is 8.08. The maximum Gasteiger partial charge on any atom is 0.351 e. The molecule has 2 aromatic heterocycles. The molecule has 3 fully saturated rings. The molecule has 3 aliphatic rings. The molecule has 12 nitrogen and oxygen atoms in total. The zero-order valence-corrected chi connectivity index (χ0v) is 17.1. The van der Waals surface area contributed by atoms with Crippen LogP contribution in [0.1, 0.15) is 32.9 Å². The Balaban J connectivity index is 1.35. The van der Waals surface area contributed by atoms with E-state index in [-0.39, 0.29) is 6.61 Å². The van der Waals surface area contributed by atoms with Gasteiger partial charge in [0.15, 0.2) is 23.9 Å². The van der Waals surface area contributed by atoms with Gasteiger partial charge in [-0.05, 0) is 32.8 Å². The van der Waals surface area contributed by atoms with Crippen LogP contribution in [0.4, 0.5) is 0 Å². The van der Waals surface area contributed by atoms with Gasteiger partial charge in [-0.15, -0.1) is 0 Å². The second-order valence-corrected chi connectivity index (χ2v) is 8.08. The second kappa shape index (κ2) is 7.79. The summed E-state index contributed by atoms with van der Waals surface area (Å²) in [5.74, 6) is -0.958. The fourth-order valence-electron chi connectivity index (χ4n) is 4.09. The number of hydrogen-bond acceptors (Lipinski definition) is 10. The zero-order valence-electron chi connectivity index (χ0n) is 17.1. The molecule has 0 aromatic carbocycles. The Bertz CT molecular complexity index is 1000. The summed E-state index contributed by atoms with van der Waals surface area (Å²) in [7, 11) is 0. The molecule has 0 saturated carbocycles. The van der Waals surface area contributed by atoms with Gasteiger partial charge in [-0.2, -0.15) is 10.1 Å². The lowest BCUT2D eigenvalue weighted by atomic mass is 10.1. The fraction of sp³-hybridized carbons (Fsp3) is 0.632. The van der Waals surface area contributed by atoms with Crippen LogP contribution < -0.4 is 5.69 Å². The van der Waals surface area contributed by atoms with E-state index >= 15 is 0 Å². The van der Waals surface area contributed by atoms with Crippen LogP contribution in [0.5, 0.6) is 0 Å². The Labute approximate surface area is 177 Å². The van der Waals surface area contributed by atoms with Crippen molar-refractivity contribution in [3.05, 3.63) is 35.4 Å². The minimum absolute atomic E-state index is 0.0327. The van der Waals surface area contributed by atoms with Crippen molar-refractivity contribution in [2.24, 2.45) is 0 Å². The number of nitrogens with zero attached hydrogens (tertiary/aromatic N) is 5. The molecule has 5 heterocycles. The summed E-state index contributed by atoms with van der Waals surface area (Å²) in [5, 5.41) is 3.97. The number of esters is 1. The van der Waals surface area contributed by atoms with Gasteiger partial charge >= 0.3 is 11.7 Å². The Morgan fingerprint density at radius 3 is 2.87 bits per heavy atom. The van der Waals surface area contributed by atoms with Gasteiger partial charge in [0, 0.05) is 12.8 Å². The van der Waals surface area contributed by atoms with E-state index < -0.39 is 48.1 Å². The highest BCUT2D eigenvalue weighted by Crippen LogP contribution is 2.42. The number of aromatic nitrogens is 5. The van der Waals surface area contributed by atoms with Gasteiger partial charge in [0.25, 0.3) is 0 Å². The van der Waals surface area contributed by atoms with E-state index in [0.717, 1.165) is 6.42 Å². The highest BCUT2D eigenvalue weighted by molar-refractivity contribution is 5.74. The SMILES string of the molecule is CC1(C)O[C@@H]2[C@H](O1)[C@@H](COC(=O)[C@H]1CCCO1)O[C@H]2n1ccc(-n2cncn2)nc1=O. The molecule has 0 radical (unpaired) electrons. The quantitative estimate of drug-likeness (QED) is 0.593. The van der Waals surface area contributed by atoms with Gasteiger partial charge in [0.05, 0.1) is 0 Å². The number of rotatable bonds is 5. The molecule has 0 bridgehead atoms. The molecule has 0 N–H and O–H groups in total. The third-order valence-electron chi connectivity index (χ3n) is 5.45. The molecule has 0 unspecified atom stereocenters. The van der Waals surface area contributed by atoms with Crippen molar-refractivity contribution in [1.82, 2.24) is 24.3 Å². The smallest absolute Gasteiger partial charge is 0.351 e. The summed E-state index contributed by atoms with van der Waals surface area (Å²) in [6.45, 7) is 4.09. The first-order chi connectivity index (χ1) is 14.9. The maximum atomic E-state index is 12.7. The summed E-state index contributed by atoms with van der Waals surface area (Å²) in [4.78, 5) is 32.9. The van der Waals surface area contributed by atoms with Crippen LogP contribution in [0, 0.1) is 0 Å². The van der Waals surface area contributed by atoms with Gasteiger partial charge in [0.2, 0.25) is 0 Å². The van der Waals surface area contributed by atoms with Crippen molar-refractivity contribution in [2.45, 2.75) is 63.1 Å². The Hall–Kier alpha value is -2.67. The Morgan fingerprint density at radius 1 is 1.32 bits per heavy atom. The predicted octanol–water partition coefficient (Wildman–Crippen LogP) is -0.0363. The van der Waals surface area contributed by atoms with Gasteiger partial charge in [-0.1, -0.05) is 0 Å². The van der Waals surface area contributed by atoms with E-state index in [1.807, 2.05) is 0 Å². The number of hydrogen-bond donors (Lipinski definition) is 0. The van der Waals surface area contributed by atoms with Crippen LogP contribution in [-0.2, 0) is 28.5 Å². The molecule has 166 valence electrons. The molecule has 0 spiro atoms. The van der Waals surface area contributed by atoms with Crippen LogP contribution >= 0.6 is 0 Å². The fourth-order valence-corrected chi connectivity index (χ4v) is 4.09. The first-order valence-corrected chi connectivity index (χ1v) is 10.1.